The summed E-state index contributed by atoms with van der Waals surface area (Å²) in [4.78, 5) is 4.30. The van der Waals surface area contributed by atoms with Crippen LogP contribution in [0.4, 0.5) is 0 Å². The van der Waals surface area contributed by atoms with Crippen LogP contribution in [-0.4, -0.2) is 19.3 Å². The molecule has 0 bridgehead atoms. The van der Waals surface area contributed by atoms with Crippen LogP contribution >= 0.6 is 27.5 Å². The fourth-order valence-corrected chi connectivity index (χ4v) is 2.43. The predicted octanol–water partition coefficient (Wildman–Crippen LogP) is 3.17. The van der Waals surface area contributed by atoms with E-state index in [0.717, 1.165) is 21.2 Å². The highest BCUT2D eigenvalue weighted by molar-refractivity contribution is 9.10. The molecule has 0 saturated heterocycles. The lowest BCUT2D eigenvalue weighted by Crippen LogP contribution is -1.90. The Hall–Kier alpha value is -1.33. The zero-order valence-corrected chi connectivity index (χ0v) is 11.3. The van der Waals surface area contributed by atoms with Crippen LogP contribution in [0.15, 0.2) is 35.2 Å². The van der Waals surface area contributed by atoms with Gasteiger partial charge in [-0.2, -0.15) is 5.10 Å². The minimum atomic E-state index is 0.488. The van der Waals surface area contributed by atoms with Crippen molar-refractivity contribution in [1.29, 1.82) is 0 Å². The van der Waals surface area contributed by atoms with Crippen LogP contribution in [0.2, 0.25) is 5.15 Å². The summed E-state index contributed by atoms with van der Waals surface area (Å²) in [6, 6.07) is 3.73. The number of rotatable bonds is 1. The molecule has 3 heterocycles. The minimum absolute atomic E-state index is 0.488. The van der Waals surface area contributed by atoms with E-state index in [1.807, 2.05) is 30.1 Å². The standard InChI is InChI=1S/C11H8BrClN4/c1-16-5-7(4-14-16)17-6-8(12)11-9(17)2-3-10(13)15-11/h2-6H,1H3. The lowest BCUT2D eigenvalue weighted by molar-refractivity contribution is 0.767. The van der Waals surface area contributed by atoms with Gasteiger partial charge in [-0.15, -0.1) is 0 Å². The molecule has 0 saturated carbocycles. The quantitative estimate of drug-likeness (QED) is 0.647. The lowest BCUT2D eigenvalue weighted by Gasteiger charge is -2.00. The SMILES string of the molecule is Cn1cc(-n2cc(Br)c3nc(Cl)ccc32)cn1. The van der Waals surface area contributed by atoms with Gasteiger partial charge < -0.3 is 4.57 Å². The zero-order chi connectivity index (χ0) is 12.0. The zero-order valence-electron chi connectivity index (χ0n) is 8.93. The molecular formula is C11H8BrClN4. The molecule has 0 aliphatic carbocycles. The summed E-state index contributed by atoms with van der Waals surface area (Å²) in [5.74, 6) is 0. The van der Waals surface area contributed by atoms with Crippen molar-refractivity contribution in [2.75, 3.05) is 0 Å². The second kappa shape index (κ2) is 3.85. The van der Waals surface area contributed by atoms with Gasteiger partial charge in [-0.25, -0.2) is 4.98 Å². The molecule has 0 atom stereocenters. The summed E-state index contributed by atoms with van der Waals surface area (Å²) >= 11 is 9.38. The minimum Gasteiger partial charge on any atom is -0.311 e. The molecule has 0 aliphatic heterocycles. The topological polar surface area (TPSA) is 35.6 Å². The summed E-state index contributed by atoms with van der Waals surface area (Å²) in [5, 5.41) is 4.65. The van der Waals surface area contributed by atoms with Crippen molar-refractivity contribution in [3.63, 3.8) is 0 Å². The first-order valence-electron chi connectivity index (χ1n) is 4.97. The number of hydrogen-bond donors (Lipinski definition) is 0. The predicted molar refractivity (Wildman–Crippen MR) is 70.5 cm³/mol. The third-order valence-corrected chi connectivity index (χ3v) is 3.33. The van der Waals surface area contributed by atoms with Gasteiger partial charge in [0.1, 0.15) is 10.7 Å². The van der Waals surface area contributed by atoms with Gasteiger partial charge in [-0.05, 0) is 28.1 Å². The molecule has 17 heavy (non-hydrogen) atoms. The first-order valence-corrected chi connectivity index (χ1v) is 6.14. The Morgan fingerprint density at radius 1 is 1.29 bits per heavy atom. The molecule has 0 spiro atoms. The Balaban J connectivity index is 2.31. The van der Waals surface area contributed by atoms with Crippen LogP contribution < -0.4 is 0 Å². The average molecular weight is 312 g/mol. The Labute approximate surface area is 111 Å². The molecule has 0 radical (unpaired) electrons. The third kappa shape index (κ3) is 1.75. The van der Waals surface area contributed by atoms with Gasteiger partial charge in [-0.1, -0.05) is 11.6 Å². The number of aromatic nitrogens is 4. The first kappa shape index (κ1) is 10.8. The molecule has 3 aromatic rings. The van der Waals surface area contributed by atoms with Gasteiger partial charge in [0.15, 0.2) is 0 Å². The van der Waals surface area contributed by atoms with Crippen LogP contribution in [0.3, 0.4) is 0 Å². The lowest BCUT2D eigenvalue weighted by atomic mass is 10.4. The Kier molecular flexibility index (Phi) is 2.45. The highest BCUT2D eigenvalue weighted by Crippen LogP contribution is 2.28. The molecule has 0 amide bonds. The maximum atomic E-state index is 5.89. The molecule has 4 nitrogen and oxygen atoms in total. The Bertz CT molecular complexity index is 701. The van der Waals surface area contributed by atoms with Gasteiger partial charge in [0.05, 0.1) is 21.9 Å². The van der Waals surface area contributed by atoms with Gasteiger partial charge in [0.2, 0.25) is 0 Å². The molecule has 3 aromatic heterocycles. The molecule has 3 rings (SSSR count). The number of pyridine rings is 1. The van der Waals surface area contributed by atoms with Crippen molar-refractivity contribution in [2.24, 2.45) is 7.05 Å². The van der Waals surface area contributed by atoms with E-state index in [2.05, 4.69) is 26.0 Å². The van der Waals surface area contributed by atoms with E-state index in [1.54, 1.807) is 16.9 Å². The maximum Gasteiger partial charge on any atom is 0.129 e. The summed E-state index contributed by atoms with van der Waals surface area (Å²) in [7, 11) is 1.89. The number of nitrogens with zero attached hydrogens (tertiary/aromatic N) is 4. The van der Waals surface area contributed by atoms with Crippen LogP contribution in [0.5, 0.6) is 0 Å². The summed E-state index contributed by atoms with van der Waals surface area (Å²) in [5.41, 5.74) is 2.84. The van der Waals surface area contributed by atoms with Crippen LogP contribution in [0.25, 0.3) is 16.7 Å². The molecule has 0 fully saturated rings. The highest BCUT2D eigenvalue weighted by atomic mass is 79.9. The second-order valence-corrected chi connectivity index (χ2v) is 4.96. The Morgan fingerprint density at radius 3 is 2.82 bits per heavy atom. The van der Waals surface area contributed by atoms with Crippen LogP contribution in [-0.2, 0) is 7.05 Å². The average Bonchev–Trinajstić information content (AvgIpc) is 2.84. The molecule has 0 aliphatic rings. The van der Waals surface area contributed by atoms with Gasteiger partial charge in [0.25, 0.3) is 0 Å². The van der Waals surface area contributed by atoms with Crippen molar-refractivity contribution in [3.8, 4) is 5.69 Å². The summed E-state index contributed by atoms with van der Waals surface area (Å²) in [6.07, 6.45) is 5.71. The Morgan fingerprint density at radius 2 is 2.12 bits per heavy atom. The van der Waals surface area contributed by atoms with Gasteiger partial charge in [0, 0.05) is 19.4 Å². The van der Waals surface area contributed by atoms with Crippen molar-refractivity contribution < 1.29 is 0 Å². The van der Waals surface area contributed by atoms with Gasteiger partial charge >= 0.3 is 0 Å². The smallest absolute Gasteiger partial charge is 0.129 e. The normalized spacial score (nSPS) is 11.2. The summed E-state index contributed by atoms with van der Waals surface area (Å²) in [6.45, 7) is 0. The van der Waals surface area contributed by atoms with Crippen LogP contribution in [0.1, 0.15) is 0 Å². The van der Waals surface area contributed by atoms with E-state index in [9.17, 15) is 0 Å². The van der Waals surface area contributed by atoms with E-state index in [4.69, 9.17) is 11.6 Å². The number of fused-ring (bicyclic) bond motifs is 1. The van der Waals surface area contributed by atoms with Crippen LogP contribution in [0, 0.1) is 0 Å². The van der Waals surface area contributed by atoms with E-state index in [0.29, 0.717) is 5.15 Å². The second-order valence-electron chi connectivity index (χ2n) is 3.72. The molecule has 0 unspecified atom stereocenters. The molecule has 86 valence electrons. The fraction of sp³-hybridized carbons (Fsp3) is 0.0909. The largest absolute Gasteiger partial charge is 0.311 e. The van der Waals surface area contributed by atoms with Crippen molar-refractivity contribution in [3.05, 3.63) is 40.3 Å². The van der Waals surface area contributed by atoms with E-state index in [1.165, 1.54) is 0 Å². The number of halogens is 2. The monoisotopic (exact) mass is 310 g/mol. The highest BCUT2D eigenvalue weighted by Gasteiger charge is 2.10. The molecule has 6 heteroatoms. The van der Waals surface area contributed by atoms with E-state index >= 15 is 0 Å². The first-order chi connectivity index (χ1) is 8.15. The molecule has 0 aromatic carbocycles. The molecule has 0 N–H and O–H groups in total. The van der Waals surface area contributed by atoms with Crippen molar-refractivity contribution in [1.82, 2.24) is 19.3 Å². The molecular weight excluding hydrogens is 304 g/mol. The van der Waals surface area contributed by atoms with E-state index in [-0.39, 0.29) is 0 Å². The van der Waals surface area contributed by atoms with Crippen molar-refractivity contribution >= 4 is 38.6 Å². The van der Waals surface area contributed by atoms with E-state index < -0.39 is 0 Å². The fourth-order valence-electron chi connectivity index (χ4n) is 1.79. The maximum absolute atomic E-state index is 5.89. The van der Waals surface area contributed by atoms with Gasteiger partial charge in [-0.3, -0.25) is 4.68 Å². The van der Waals surface area contributed by atoms with Crippen molar-refractivity contribution in [2.45, 2.75) is 0 Å². The number of aryl methyl sites for hydroxylation is 1. The summed E-state index contributed by atoms with van der Waals surface area (Å²) < 4.78 is 4.70. The third-order valence-electron chi connectivity index (χ3n) is 2.54. The number of hydrogen-bond acceptors (Lipinski definition) is 2.